The Morgan fingerprint density at radius 2 is 2.19 bits per heavy atom. The molecule has 0 saturated carbocycles. The molecular weight excluding hydrogens is 334 g/mol. The van der Waals surface area contributed by atoms with Crippen molar-refractivity contribution in [2.24, 2.45) is 0 Å². The largest absolute Gasteiger partial charge is 0.381 e. The van der Waals surface area contributed by atoms with E-state index in [1.54, 1.807) is 29.3 Å². The van der Waals surface area contributed by atoms with Crippen LogP contribution in [0.4, 0.5) is 0 Å². The number of amides is 1. The minimum absolute atomic E-state index is 0.140. The molecule has 1 N–H and O–H groups in total. The second kappa shape index (κ2) is 7.61. The minimum Gasteiger partial charge on any atom is -0.381 e. The Morgan fingerprint density at radius 1 is 1.31 bits per heavy atom. The van der Waals surface area contributed by atoms with Crippen LogP contribution >= 0.6 is 0 Å². The fourth-order valence-electron chi connectivity index (χ4n) is 3.17. The molecule has 0 aromatic carbocycles. The topological polar surface area (TPSA) is 99.8 Å². The van der Waals surface area contributed by atoms with E-state index in [0.29, 0.717) is 24.7 Å². The van der Waals surface area contributed by atoms with Crippen molar-refractivity contribution in [3.8, 4) is 0 Å². The molecule has 1 saturated heterocycles. The molecule has 0 aliphatic carbocycles. The van der Waals surface area contributed by atoms with Crippen molar-refractivity contribution in [2.45, 2.75) is 31.8 Å². The summed E-state index contributed by atoms with van der Waals surface area (Å²) in [4.78, 5) is 21.2. The van der Waals surface area contributed by atoms with Crippen molar-refractivity contribution < 1.29 is 9.53 Å². The van der Waals surface area contributed by atoms with Gasteiger partial charge in [0.15, 0.2) is 5.65 Å². The lowest BCUT2D eigenvalue weighted by atomic mass is 10.1. The van der Waals surface area contributed by atoms with Crippen LogP contribution in [0, 0.1) is 0 Å². The monoisotopic (exact) mass is 355 g/mol. The molecule has 26 heavy (non-hydrogen) atoms. The fraction of sp³-hybridized carbons (Fsp3) is 0.471. The van der Waals surface area contributed by atoms with Gasteiger partial charge in [0, 0.05) is 44.7 Å². The number of aromatic nitrogens is 6. The van der Waals surface area contributed by atoms with Gasteiger partial charge in [-0.2, -0.15) is 0 Å². The van der Waals surface area contributed by atoms with Crippen LogP contribution in [0.15, 0.2) is 31.0 Å². The third-order valence-electron chi connectivity index (χ3n) is 4.58. The van der Waals surface area contributed by atoms with E-state index in [1.165, 1.54) is 0 Å². The number of nitrogens with one attached hydrogen (secondary N) is 1. The molecule has 1 amide bonds. The molecule has 3 aromatic rings. The van der Waals surface area contributed by atoms with Gasteiger partial charge in [0.25, 0.3) is 5.91 Å². The quantitative estimate of drug-likeness (QED) is 0.667. The molecule has 4 rings (SSSR count). The van der Waals surface area contributed by atoms with Gasteiger partial charge in [0.1, 0.15) is 5.52 Å². The van der Waals surface area contributed by atoms with Gasteiger partial charge < -0.3 is 14.6 Å². The summed E-state index contributed by atoms with van der Waals surface area (Å²) in [6, 6.07) is 2.16. The molecule has 0 bridgehead atoms. The first-order valence-corrected chi connectivity index (χ1v) is 8.84. The second-order valence-corrected chi connectivity index (χ2v) is 6.34. The van der Waals surface area contributed by atoms with Gasteiger partial charge in [0.2, 0.25) is 0 Å². The van der Waals surface area contributed by atoms with Crippen molar-refractivity contribution >= 4 is 17.1 Å². The third-order valence-corrected chi connectivity index (χ3v) is 4.58. The van der Waals surface area contributed by atoms with Crippen LogP contribution in [-0.2, 0) is 11.3 Å². The molecule has 3 aromatic heterocycles. The Kier molecular flexibility index (Phi) is 4.87. The van der Waals surface area contributed by atoms with Gasteiger partial charge in [-0.25, -0.2) is 9.97 Å². The average molecular weight is 355 g/mol. The Bertz CT molecular complexity index is 869. The first-order chi connectivity index (χ1) is 12.8. The summed E-state index contributed by atoms with van der Waals surface area (Å²) < 4.78 is 9.25. The van der Waals surface area contributed by atoms with Gasteiger partial charge >= 0.3 is 0 Å². The van der Waals surface area contributed by atoms with Crippen molar-refractivity contribution in [1.29, 1.82) is 0 Å². The maximum atomic E-state index is 12.3. The van der Waals surface area contributed by atoms with Gasteiger partial charge in [-0.05, 0) is 25.3 Å². The lowest BCUT2D eigenvalue weighted by molar-refractivity contribution is 0.0704. The Morgan fingerprint density at radius 3 is 3.00 bits per heavy atom. The Labute approximate surface area is 150 Å². The number of imidazole rings is 1. The molecule has 0 spiro atoms. The minimum atomic E-state index is -0.140. The lowest BCUT2D eigenvalue weighted by Gasteiger charge is -2.23. The fourth-order valence-corrected chi connectivity index (χ4v) is 3.17. The number of ether oxygens (including phenoxy) is 1. The SMILES string of the molecule is O=C(NCCCn1ccnn1)c1cnc2c(c1)ncn2C1CCOCC1. The summed E-state index contributed by atoms with van der Waals surface area (Å²) >= 11 is 0. The summed E-state index contributed by atoms with van der Waals surface area (Å²) in [5.74, 6) is -0.140. The number of carbonyl (C=O) groups excluding carboxylic acids is 1. The van der Waals surface area contributed by atoms with Crippen molar-refractivity contribution in [3.05, 3.63) is 36.5 Å². The second-order valence-electron chi connectivity index (χ2n) is 6.34. The highest BCUT2D eigenvalue weighted by atomic mass is 16.5. The Hall–Kier alpha value is -2.81. The van der Waals surface area contributed by atoms with E-state index in [2.05, 4.69) is 30.2 Å². The highest BCUT2D eigenvalue weighted by molar-refractivity contribution is 5.96. The molecular formula is C17H21N7O2. The molecule has 0 radical (unpaired) electrons. The number of hydrogen-bond donors (Lipinski definition) is 1. The molecule has 136 valence electrons. The number of carbonyl (C=O) groups is 1. The zero-order valence-corrected chi connectivity index (χ0v) is 14.4. The smallest absolute Gasteiger partial charge is 0.252 e. The molecule has 1 aliphatic rings. The highest BCUT2D eigenvalue weighted by Gasteiger charge is 2.19. The highest BCUT2D eigenvalue weighted by Crippen LogP contribution is 2.24. The molecule has 9 nitrogen and oxygen atoms in total. The summed E-state index contributed by atoms with van der Waals surface area (Å²) in [6.45, 7) is 2.80. The van der Waals surface area contributed by atoms with Crippen LogP contribution in [0.5, 0.6) is 0 Å². The standard InChI is InChI=1S/C17H21N7O2/c25-17(18-4-1-6-23-7-5-21-22-23)13-10-15-16(19-11-13)24(12-20-15)14-2-8-26-9-3-14/h5,7,10-12,14H,1-4,6,8-9H2,(H,18,25). The van der Waals surface area contributed by atoms with E-state index < -0.39 is 0 Å². The number of nitrogens with zero attached hydrogens (tertiary/aromatic N) is 6. The summed E-state index contributed by atoms with van der Waals surface area (Å²) in [7, 11) is 0. The van der Waals surface area contributed by atoms with E-state index in [1.807, 2.05) is 6.33 Å². The van der Waals surface area contributed by atoms with E-state index in [9.17, 15) is 4.79 Å². The number of pyridine rings is 1. The maximum Gasteiger partial charge on any atom is 0.252 e. The maximum absolute atomic E-state index is 12.3. The van der Waals surface area contributed by atoms with E-state index in [0.717, 1.165) is 43.6 Å². The van der Waals surface area contributed by atoms with Crippen molar-refractivity contribution in [3.63, 3.8) is 0 Å². The van der Waals surface area contributed by atoms with Crippen LogP contribution in [0.1, 0.15) is 35.7 Å². The van der Waals surface area contributed by atoms with E-state index in [-0.39, 0.29) is 5.91 Å². The zero-order valence-electron chi connectivity index (χ0n) is 14.4. The summed E-state index contributed by atoms with van der Waals surface area (Å²) in [6.07, 6.45) is 9.57. The first kappa shape index (κ1) is 16.6. The number of hydrogen-bond acceptors (Lipinski definition) is 6. The van der Waals surface area contributed by atoms with E-state index >= 15 is 0 Å². The molecule has 9 heteroatoms. The van der Waals surface area contributed by atoms with Crippen molar-refractivity contribution in [1.82, 2.24) is 34.8 Å². The van der Waals surface area contributed by atoms with Gasteiger partial charge in [-0.3, -0.25) is 9.48 Å². The number of rotatable bonds is 6. The van der Waals surface area contributed by atoms with E-state index in [4.69, 9.17) is 4.74 Å². The summed E-state index contributed by atoms with van der Waals surface area (Å²) in [5, 5.41) is 10.5. The first-order valence-electron chi connectivity index (χ1n) is 8.84. The van der Waals surface area contributed by atoms with Gasteiger partial charge in [-0.1, -0.05) is 5.21 Å². The molecule has 0 atom stereocenters. The van der Waals surface area contributed by atoms with Gasteiger partial charge in [0.05, 0.1) is 18.1 Å². The molecule has 1 aliphatic heterocycles. The normalized spacial score (nSPS) is 15.4. The lowest BCUT2D eigenvalue weighted by Crippen LogP contribution is -2.25. The van der Waals surface area contributed by atoms with Crippen molar-refractivity contribution in [2.75, 3.05) is 19.8 Å². The average Bonchev–Trinajstić information content (AvgIpc) is 3.35. The number of aryl methyl sites for hydroxylation is 1. The van der Waals surface area contributed by atoms with Gasteiger partial charge in [-0.15, -0.1) is 5.10 Å². The Balaban J connectivity index is 1.38. The third kappa shape index (κ3) is 3.57. The predicted molar refractivity (Wildman–Crippen MR) is 93.6 cm³/mol. The van der Waals surface area contributed by atoms with Crippen LogP contribution in [0.25, 0.3) is 11.2 Å². The molecule has 4 heterocycles. The predicted octanol–water partition coefficient (Wildman–Crippen LogP) is 1.19. The summed E-state index contributed by atoms with van der Waals surface area (Å²) in [5.41, 5.74) is 2.09. The molecule has 0 unspecified atom stereocenters. The van der Waals surface area contributed by atoms with Crippen LogP contribution in [-0.4, -0.2) is 55.2 Å². The number of fused-ring (bicyclic) bond motifs is 1. The zero-order chi connectivity index (χ0) is 17.8. The molecule has 1 fully saturated rings. The van der Waals surface area contributed by atoms with Crippen LogP contribution < -0.4 is 5.32 Å². The van der Waals surface area contributed by atoms with Crippen LogP contribution in [0.3, 0.4) is 0 Å². The van der Waals surface area contributed by atoms with Crippen LogP contribution in [0.2, 0.25) is 0 Å².